The van der Waals surface area contributed by atoms with Crippen molar-refractivity contribution in [2.75, 3.05) is 0 Å². The van der Waals surface area contributed by atoms with Gasteiger partial charge in [-0.05, 0) is 363 Å². The lowest BCUT2D eigenvalue weighted by Crippen LogP contribution is -3.62. The molecule has 0 atom stereocenters. The summed E-state index contributed by atoms with van der Waals surface area (Å²) in [5.74, 6) is 1.26. The van der Waals surface area contributed by atoms with Crippen molar-refractivity contribution in [3.8, 4) is 11.5 Å². The molecule has 0 aromatic heterocycles. The van der Waals surface area contributed by atoms with Gasteiger partial charge in [-0.2, -0.15) is 13.2 Å². The zero-order valence-electron chi connectivity index (χ0n) is 82.4. The fourth-order valence-electron chi connectivity index (χ4n) is 13.7. The molecular formula is C120H121F6I8NO4+8. The lowest BCUT2D eigenvalue weighted by molar-refractivity contribution is -0.599. The second-order valence-corrected chi connectivity index (χ2v) is 58.4. The lowest BCUT2D eigenvalue weighted by Gasteiger charge is -2.21. The Hall–Kier alpha value is -8.06. The van der Waals surface area contributed by atoms with E-state index in [1.165, 1.54) is 164 Å². The van der Waals surface area contributed by atoms with Crippen LogP contribution in [0.15, 0.2) is 352 Å². The molecule has 139 heavy (non-hydrogen) atoms. The summed E-state index contributed by atoms with van der Waals surface area (Å²) in [6.45, 7) is 45.1. The highest BCUT2D eigenvalue weighted by atomic mass is 127. The summed E-state index contributed by atoms with van der Waals surface area (Å²) in [4.78, 5) is 10.1. The van der Waals surface area contributed by atoms with E-state index in [1.807, 2.05) is 60.7 Å². The standard InChI is InChI=1S/C20H26IO2.C16H15F3I.3C16H18I.C12H8F2I.C12H9FI.C12H9INO2/c1-19(2,3)22-17-11-7-15(8-12-17)21-16-9-13-18(14-10-16)23-20(4,5)6;1-10-8-11(2)15(12(3)9-10)20-14-6-4-13(5-7-14)16(17,18)19;1-11-5-7-15(8-6-11)17-16-13(3)9-12(2)10-14(16)4;1-11-6-5-7-15(10-11)17-16-13(3)8-12(2)9-14(16)4;1-11-9-13(3)16(14(4)10-11)17-15-8-6-5-7-12(15)2;13-9-1-5-11(6-2-9)15-12-7-3-10(14)4-8-12;13-10-6-8-12(9-7-10)14-11-4-2-1-3-5-11;15-14(16)12-8-6-11(7-9-12)13-10-4-2-1-3-5-10/h7-14H,1-6H3;4-9H,1-3H3;3*5-10H,1-4H3;1-8H;1-9H;1-9H/q8*+1. The lowest BCUT2D eigenvalue weighted by atomic mass is 10.1. The van der Waals surface area contributed by atoms with Crippen molar-refractivity contribution in [3.05, 3.63) is 526 Å². The number of alkyl halides is 3. The Labute approximate surface area is 904 Å². The van der Waals surface area contributed by atoms with Crippen LogP contribution in [0.1, 0.15) is 131 Å². The molecule has 0 N–H and O–H groups in total. The molecule has 5 nitrogen and oxygen atoms in total. The number of aryl methyl sites for hydroxylation is 15. The van der Waals surface area contributed by atoms with Gasteiger partial charge in [-0.15, -0.1) is 0 Å². The largest absolute Gasteiger partial charge is 0.488 e. The molecule has 0 saturated heterocycles. The van der Waals surface area contributed by atoms with Crippen LogP contribution in [0.3, 0.4) is 0 Å². The molecule has 0 spiro atoms. The number of nitro groups is 1. The number of hydrogen-bond donors (Lipinski definition) is 0. The SMILES string of the molecule is CC(C)(C)Oc1ccc([I+]c2ccc(OC(C)(C)C)cc2)cc1.Cc1cc(C)c([I+]c2ccc(C(F)(F)F)cc2)c(C)c1.Cc1cc(C)c([I+]c2ccccc2C)c(C)c1.Cc1ccc([I+]c2c(C)cc(C)cc2C)cc1.Cc1cccc([I+]c2c(C)cc(C)cc2C)c1.Fc1ccc([I+]c2ccc(F)cc2)cc1.Fc1ccc([I+]c2ccccc2)cc1.O=[N+]([O-])c1ccc([I+]c2ccccc2)cc1. The third kappa shape index (κ3) is 42.0. The molecule has 16 aromatic carbocycles. The summed E-state index contributed by atoms with van der Waals surface area (Å²) in [5, 5.41) is 10.5. The van der Waals surface area contributed by atoms with Gasteiger partial charge in [0.2, 0.25) is 0 Å². The topological polar surface area (TPSA) is 61.6 Å². The maximum atomic E-state index is 12.6. The Balaban J connectivity index is 0.000000178. The van der Waals surface area contributed by atoms with Gasteiger partial charge in [0.25, 0.3) is 5.69 Å². The van der Waals surface area contributed by atoms with Gasteiger partial charge in [-0.1, -0.05) is 155 Å². The zero-order chi connectivity index (χ0) is 101. The molecule has 0 aliphatic heterocycles. The van der Waals surface area contributed by atoms with Crippen LogP contribution in [0.5, 0.6) is 11.5 Å². The summed E-state index contributed by atoms with van der Waals surface area (Å²) in [6.07, 6.45) is -4.26. The number of rotatable bonds is 19. The van der Waals surface area contributed by atoms with Gasteiger partial charge in [-0.25, -0.2) is 13.2 Å². The first kappa shape index (κ1) is 115. The predicted molar refractivity (Wildman–Crippen MR) is 526 cm³/mol. The Morgan fingerprint density at radius 2 is 0.489 bits per heavy atom. The second kappa shape index (κ2) is 56.8. The molecular weight excluding hydrogens is 2650 g/mol. The predicted octanol–water partition coefficient (Wildman–Crippen LogP) is 6.85. The van der Waals surface area contributed by atoms with Crippen molar-refractivity contribution in [3.63, 3.8) is 0 Å². The van der Waals surface area contributed by atoms with Crippen LogP contribution in [-0.2, 0) is 6.18 Å². The molecule has 19 heteroatoms. The van der Waals surface area contributed by atoms with Crippen molar-refractivity contribution in [2.24, 2.45) is 0 Å². The van der Waals surface area contributed by atoms with Gasteiger partial charge >= 0.3 is 176 Å². The monoisotopic (exact) mass is 2770 g/mol. The van der Waals surface area contributed by atoms with E-state index in [0.29, 0.717) is 0 Å². The van der Waals surface area contributed by atoms with E-state index in [0.717, 1.165) is 22.2 Å². The fraction of sp³-hybridized carbons (Fsp3) is 0.200. The van der Waals surface area contributed by atoms with Gasteiger partial charge in [0.05, 0.1) is 10.5 Å². The number of ether oxygens (including phenoxy) is 2. The highest BCUT2D eigenvalue weighted by Gasteiger charge is 2.33. The van der Waals surface area contributed by atoms with Gasteiger partial charge in [-0.3, -0.25) is 10.1 Å². The number of nitro benzene ring substituents is 1. The fourth-order valence-corrected chi connectivity index (χ4v) is 33.0. The van der Waals surface area contributed by atoms with Crippen LogP contribution >= 0.6 is 0 Å². The van der Waals surface area contributed by atoms with E-state index in [2.05, 4.69) is 340 Å². The summed E-state index contributed by atoms with van der Waals surface area (Å²) < 4.78 is 109. The average molecular weight is 2770 g/mol. The minimum Gasteiger partial charge on any atom is -0.488 e. The number of nitrogens with zero attached hydrogens (tertiary/aromatic N) is 1. The van der Waals surface area contributed by atoms with Crippen molar-refractivity contribution in [1.82, 2.24) is 0 Å². The molecule has 16 rings (SSSR count). The number of benzene rings is 16. The Morgan fingerprint density at radius 1 is 0.237 bits per heavy atom. The van der Waals surface area contributed by atoms with Crippen LogP contribution in [0.2, 0.25) is 0 Å². The molecule has 720 valence electrons. The average Bonchev–Trinajstić information content (AvgIpc) is 0.832. The first-order valence-corrected chi connectivity index (χ1v) is 62.2. The molecule has 0 unspecified atom stereocenters. The normalized spacial score (nSPS) is 10.8. The summed E-state index contributed by atoms with van der Waals surface area (Å²) in [5.41, 5.74) is 19.9. The number of non-ortho nitro benzene ring substituents is 1. The molecule has 0 saturated carbocycles. The molecule has 0 amide bonds. The summed E-state index contributed by atoms with van der Waals surface area (Å²) in [6, 6.07) is 114. The van der Waals surface area contributed by atoms with Crippen LogP contribution in [0.4, 0.5) is 32.0 Å². The van der Waals surface area contributed by atoms with Crippen molar-refractivity contribution < 1.29 is 210 Å². The highest BCUT2D eigenvalue weighted by molar-refractivity contribution is 5.33. The highest BCUT2D eigenvalue weighted by Crippen LogP contribution is 2.29. The molecule has 0 aliphatic rings. The third-order valence-electron chi connectivity index (χ3n) is 19.6. The minimum atomic E-state index is -4.26. The first-order valence-electron chi connectivity index (χ1n) is 45.0. The Kier molecular flexibility index (Phi) is 46.8. The van der Waals surface area contributed by atoms with Crippen LogP contribution in [0, 0.1) is 189 Å². The van der Waals surface area contributed by atoms with E-state index in [4.69, 9.17) is 9.47 Å². The zero-order valence-corrected chi connectivity index (χ0v) is 99.6. The van der Waals surface area contributed by atoms with Crippen molar-refractivity contribution in [1.29, 1.82) is 0 Å². The Morgan fingerprint density at radius 3 is 0.784 bits per heavy atom. The van der Waals surface area contributed by atoms with Gasteiger partial charge in [0.1, 0.15) is 40.2 Å². The van der Waals surface area contributed by atoms with Gasteiger partial charge in [0.15, 0.2) is 57.1 Å². The first-order chi connectivity index (χ1) is 65.9. The van der Waals surface area contributed by atoms with Crippen molar-refractivity contribution >= 4 is 5.69 Å². The van der Waals surface area contributed by atoms with Gasteiger partial charge < -0.3 is 9.47 Å². The smallest absolute Gasteiger partial charge is 0.416 e. The van der Waals surface area contributed by atoms with Crippen LogP contribution in [-0.4, -0.2) is 16.1 Å². The number of hydrogen-bond acceptors (Lipinski definition) is 4. The Bertz CT molecular complexity index is 6370. The third-order valence-corrected chi connectivity index (χ3v) is 45.1. The van der Waals surface area contributed by atoms with Gasteiger partial charge in [0, 0.05) is 62.2 Å². The second-order valence-electron chi connectivity index (χ2n) is 34.9. The van der Waals surface area contributed by atoms with E-state index in [-0.39, 0.29) is 188 Å². The molecule has 0 bridgehead atoms. The van der Waals surface area contributed by atoms with Crippen LogP contribution in [0.25, 0.3) is 0 Å². The van der Waals surface area contributed by atoms with E-state index >= 15 is 0 Å². The summed E-state index contributed by atoms with van der Waals surface area (Å²) in [7, 11) is 0. The van der Waals surface area contributed by atoms with E-state index in [9.17, 15) is 36.5 Å². The molecule has 0 radical (unpaired) electrons. The summed E-state index contributed by atoms with van der Waals surface area (Å²) >= 11 is -1.46. The van der Waals surface area contributed by atoms with Crippen LogP contribution < -0.4 is 179 Å². The van der Waals surface area contributed by atoms with E-state index in [1.54, 1.807) is 62.8 Å². The molecule has 0 fully saturated rings. The molecule has 16 aromatic rings. The maximum Gasteiger partial charge on any atom is 0.416 e. The quantitative estimate of drug-likeness (QED) is 0.0386. The van der Waals surface area contributed by atoms with Crippen molar-refractivity contribution in [2.45, 2.75) is 163 Å². The number of halogens is 14. The maximum absolute atomic E-state index is 12.6. The minimum absolute atomic E-state index is 0.0403. The van der Waals surface area contributed by atoms with E-state index < -0.39 is 32.9 Å². The molecule has 0 heterocycles. The molecule has 0 aliphatic carbocycles.